The number of rotatable bonds is 0. The molecule has 1 saturated heterocycles. The van der Waals surface area contributed by atoms with E-state index in [1.165, 1.54) is 5.08 Å². The van der Waals surface area contributed by atoms with Crippen LogP contribution >= 0.6 is 51.1 Å². The minimum absolute atomic E-state index is 0. The van der Waals surface area contributed by atoms with Crippen molar-refractivity contribution in [2.45, 2.75) is 0 Å². The largest absolute Gasteiger partial charge is 0.0698 e. The zero-order valence-electron chi connectivity index (χ0n) is 2.75. The quantitative estimate of drug-likeness (QED) is 0.437. The SMILES string of the molecule is C1SSSSS1.[SiH4]. The first-order valence-corrected chi connectivity index (χ1v) is 7.73. The van der Waals surface area contributed by atoms with E-state index < -0.39 is 0 Å². The maximum atomic E-state index is 1.92. The Labute approximate surface area is 66.7 Å². The average Bonchev–Trinajstić information content (AvgIpc) is 1.72. The second kappa shape index (κ2) is 6.09. The van der Waals surface area contributed by atoms with E-state index in [9.17, 15) is 0 Å². The maximum absolute atomic E-state index is 1.92. The van der Waals surface area contributed by atoms with Crippen LogP contribution in [0.25, 0.3) is 0 Å². The van der Waals surface area contributed by atoms with Crippen molar-refractivity contribution in [2.75, 3.05) is 5.08 Å². The highest BCUT2D eigenvalue weighted by atomic mass is 33.8. The predicted molar refractivity (Wildman–Crippen MR) is 54.2 cm³/mol. The zero-order valence-corrected chi connectivity index (χ0v) is 6.83. The highest BCUT2D eigenvalue weighted by molar-refractivity contribution is 9.38. The van der Waals surface area contributed by atoms with Crippen LogP contribution < -0.4 is 0 Å². The average molecular weight is 206 g/mol. The van der Waals surface area contributed by atoms with Gasteiger partial charge in [0.15, 0.2) is 0 Å². The summed E-state index contributed by atoms with van der Waals surface area (Å²) in [6, 6.07) is 0. The molecule has 0 aromatic rings. The van der Waals surface area contributed by atoms with Crippen LogP contribution in [-0.2, 0) is 0 Å². The zero-order chi connectivity index (χ0) is 4.24. The molecular weight excluding hydrogens is 200 g/mol. The summed E-state index contributed by atoms with van der Waals surface area (Å²) in [5.74, 6) is 0. The topological polar surface area (TPSA) is 0 Å². The van der Waals surface area contributed by atoms with E-state index in [2.05, 4.69) is 0 Å². The van der Waals surface area contributed by atoms with Crippen molar-refractivity contribution in [1.29, 1.82) is 0 Å². The molecule has 0 aromatic heterocycles. The van der Waals surface area contributed by atoms with E-state index in [1.807, 2.05) is 51.1 Å². The molecule has 1 aliphatic heterocycles. The van der Waals surface area contributed by atoms with E-state index >= 15 is 0 Å². The van der Waals surface area contributed by atoms with Crippen molar-refractivity contribution >= 4 is 62.0 Å². The minimum atomic E-state index is 0. The second-order valence-corrected chi connectivity index (χ2v) is 8.69. The summed E-state index contributed by atoms with van der Waals surface area (Å²) in [6.45, 7) is 0. The van der Waals surface area contributed by atoms with Crippen molar-refractivity contribution in [1.82, 2.24) is 0 Å². The molecule has 0 radical (unpaired) electrons. The van der Waals surface area contributed by atoms with Crippen LogP contribution in [0, 0.1) is 0 Å². The fourth-order valence-electron chi connectivity index (χ4n) is 0.110. The lowest BCUT2D eigenvalue weighted by molar-refractivity contribution is 2.36. The van der Waals surface area contributed by atoms with Gasteiger partial charge in [-0.1, -0.05) is 21.6 Å². The second-order valence-electron chi connectivity index (χ2n) is 0.558. The van der Waals surface area contributed by atoms with Gasteiger partial charge in [-0.3, -0.25) is 0 Å². The standard InChI is InChI=1S/CH2S5.H4Si/c1-2-4-6-5-3-1;/h1H2;1H4. The Hall–Kier alpha value is 1.97. The summed E-state index contributed by atoms with van der Waals surface area (Å²) in [5, 5.41) is 1.24. The highest BCUT2D eigenvalue weighted by Gasteiger charge is 1.99. The molecule has 0 atom stereocenters. The molecule has 1 heterocycles. The lowest BCUT2D eigenvalue weighted by Crippen LogP contribution is -1.57. The minimum Gasteiger partial charge on any atom is -0.0698 e. The van der Waals surface area contributed by atoms with E-state index in [0.717, 1.165) is 0 Å². The van der Waals surface area contributed by atoms with Crippen molar-refractivity contribution in [3.05, 3.63) is 0 Å². The summed E-state index contributed by atoms with van der Waals surface area (Å²) < 4.78 is 0. The van der Waals surface area contributed by atoms with Gasteiger partial charge >= 0.3 is 0 Å². The number of hydrogen-bond acceptors (Lipinski definition) is 5. The van der Waals surface area contributed by atoms with Crippen LogP contribution in [0.2, 0.25) is 0 Å². The molecule has 0 N–H and O–H groups in total. The highest BCUT2D eigenvalue weighted by Crippen LogP contribution is 2.55. The van der Waals surface area contributed by atoms with Gasteiger partial charge in [-0.25, -0.2) is 0 Å². The molecule has 0 aromatic carbocycles. The third-order valence-electron chi connectivity index (χ3n) is 0.248. The molecule has 0 spiro atoms. The Kier molecular flexibility index (Phi) is 7.80. The Morgan fingerprint density at radius 2 is 1.43 bits per heavy atom. The smallest absolute Gasteiger partial charge is 0.0616 e. The van der Waals surface area contributed by atoms with Gasteiger partial charge in [0.1, 0.15) is 0 Å². The van der Waals surface area contributed by atoms with Gasteiger partial charge in [0.2, 0.25) is 0 Å². The summed E-state index contributed by atoms with van der Waals surface area (Å²) in [7, 11) is 9.43. The first-order valence-electron chi connectivity index (χ1n) is 1.24. The van der Waals surface area contributed by atoms with Crippen molar-refractivity contribution < 1.29 is 0 Å². The molecule has 1 rings (SSSR count). The van der Waals surface area contributed by atoms with E-state index in [0.29, 0.717) is 0 Å². The normalized spacial score (nSPS) is 20.6. The van der Waals surface area contributed by atoms with Crippen molar-refractivity contribution in [3.63, 3.8) is 0 Å². The molecule has 0 unspecified atom stereocenters. The third-order valence-corrected chi connectivity index (χ3v) is 9.70. The van der Waals surface area contributed by atoms with Crippen LogP contribution in [0.4, 0.5) is 0 Å². The molecule has 1 aliphatic rings. The predicted octanol–water partition coefficient (Wildman–Crippen LogP) is 1.83. The molecule has 0 bridgehead atoms. The van der Waals surface area contributed by atoms with Gasteiger partial charge in [0.25, 0.3) is 0 Å². The Bertz CT molecular complexity index is 23.6. The van der Waals surface area contributed by atoms with Crippen LogP contribution in [0.1, 0.15) is 0 Å². The summed E-state index contributed by atoms with van der Waals surface area (Å²) in [5.41, 5.74) is 0. The monoisotopic (exact) mass is 206 g/mol. The lowest BCUT2D eigenvalue weighted by Gasteiger charge is -2.02. The van der Waals surface area contributed by atoms with Gasteiger partial charge in [-0.15, -0.1) is 0 Å². The van der Waals surface area contributed by atoms with Crippen LogP contribution in [0.15, 0.2) is 0 Å². The van der Waals surface area contributed by atoms with Gasteiger partial charge in [0, 0.05) is 0 Å². The van der Waals surface area contributed by atoms with Crippen LogP contribution in [-0.4, -0.2) is 16.1 Å². The molecule has 0 saturated carbocycles. The Morgan fingerprint density at radius 1 is 0.857 bits per heavy atom. The molecule has 0 amide bonds. The maximum Gasteiger partial charge on any atom is 0.0616 e. The fourth-order valence-corrected chi connectivity index (χ4v) is 10.7. The third kappa shape index (κ3) is 4.47. The fraction of sp³-hybridized carbons (Fsp3) is 1.00. The molecule has 1 fully saturated rings. The summed E-state index contributed by atoms with van der Waals surface area (Å²) >= 11 is 0. The first kappa shape index (κ1) is 8.97. The van der Waals surface area contributed by atoms with Gasteiger partial charge < -0.3 is 0 Å². The van der Waals surface area contributed by atoms with E-state index in [1.54, 1.807) is 0 Å². The lowest BCUT2D eigenvalue weighted by atomic mass is 11.9. The first-order chi connectivity index (χ1) is 3.00. The van der Waals surface area contributed by atoms with Crippen LogP contribution in [0.3, 0.4) is 0 Å². The number of hydrogen-bond donors (Lipinski definition) is 0. The van der Waals surface area contributed by atoms with E-state index in [-0.39, 0.29) is 11.0 Å². The Balaban J connectivity index is 0.000000360. The molecule has 0 aliphatic carbocycles. The van der Waals surface area contributed by atoms with Gasteiger partial charge in [0.05, 0.1) is 5.08 Å². The summed E-state index contributed by atoms with van der Waals surface area (Å²) in [6.07, 6.45) is 0. The van der Waals surface area contributed by atoms with E-state index in [4.69, 9.17) is 0 Å². The van der Waals surface area contributed by atoms with Crippen molar-refractivity contribution in [2.24, 2.45) is 0 Å². The molecular formula is CH6S5Si. The molecule has 44 valence electrons. The van der Waals surface area contributed by atoms with Crippen LogP contribution in [0.5, 0.6) is 0 Å². The van der Waals surface area contributed by atoms with Gasteiger partial charge in [-0.05, 0) is 40.4 Å². The molecule has 6 heteroatoms. The van der Waals surface area contributed by atoms with Crippen molar-refractivity contribution in [3.8, 4) is 0 Å². The van der Waals surface area contributed by atoms with Gasteiger partial charge in [-0.2, -0.15) is 0 Å². The summed E-state index contributed by atoms with van der Waals surface area (Å²) in [4.78, 5) is 0. The Morgan fingerprint density at radius 3 is 1.57 bits per heavy atom. The molecule has 0 nitrogen and oxygen atoms in total. The molecule has 7 heavy (non-hydrogen) atoms.